The lowest BCUT2D eigenvalue weighted by molar-refractivity contribution is 0.281. The van der Waals surface area contributed by atoms with E-state index in [0.29, 0.717) is 0 Å². The molecule has 3 nitrogen and oxygen atoms in total. The second kappa shape index (κ2) is 9.52. The number of benzene rings is 1. The highest BCUT2D eigenvalue weighted by molar-refractivity contribution is 4.99. The van der Waals surface area contributed by atoms with Gasteiger partial charge in [-0.3, -0.25) is 5.10 Å². The van der Waals surface area contributed by atoms with Crippen molar-refractivity contribution in [2.75, 3.05) is 6.61 Å². The molecule has 2 heterocycles. The predicted octanol–water partition coefficient (Wildman–Crippen LogP) is 3.02. The summed E-state index contributed by atoms with van der Waals surface area (Å²) in [5.41, 5.74) is 0. The first-order valence-corrected chi connectivity index (χ1v) is 5.20. The molecule has 0 unspecified atom stereocenters. The number of aromatic nitrogens is 2. The standard InChI is InChI=1S/C6H6.C4H6O.C3H4N2/c1-2-4-6-5-3-1;2*1-2-4-5-3-1/h1-6H;1,3H,2,4H2;1-3H,(H,4,5). The summed E-state index contributed by atoms with van der Waals surface area (Å²) < 4.78 is 4.76. The van der Waals surface area contributed by atoms with Crippen molar-refractivity contribution < 1.29 is 4.74 Å². The summed E-state index contributed by atoms with van der Waals surface area (Å²) in [6.07, 6.45) is 8.31. The quantitative estimate of drug-likeness (QED) is 0.735. The molecule has 16 heavy (non-hydrogen) atoms. The maximum absolute atomic E-state index is 4.76. The smallest absolute Gasteiger partial charge is 0.0908 e. The lowest BCUT2D eigenvalue weighted by Crippen LogP contribution is -1.70. The zero-order chi connectivity index (χ0) is 11.3. The Morgan fingerprint density at radius 3 is 1.81 bits per heavy atom. The van der Waals surface area contributed by atoms with Crippen molar-refractivity contribution in [1.82, 2.24) is 10.2 Å². The molecular formula is C13H16N2O. The van der Waals surface area contributed by atoms with Gasteiger partial charge in [-0.05, 0) is 12.1 Å². The Labute approximate surface area is 95.8 Å². The van der Waals surface area contributed by atoms with Crippen molar-refractivity contribution in [3.63, 3.8) is 0 Å². The molecule has 1 aromatic heterocycles. The van der Waals surface area contributed by atoms with Gasteiger partial charge in [0.15, 0.2) is 0 Å². The number of nitrogens with one attached hydrogen (secondary N) is 1. The van der Waals surface area contributed by atoms with Crippen LogP contribution in [-0.2, 0) is 4.74 Å². The van der Waals surface area contributed by atoms with Crippen LogP contribution in [0, 0.1) is 0 Å². The molecule has 3 rings (SSSR count). The van der Waals surface area contributed by atoms with Crippen molar-refractivity contribution in [2.45, 2.75) is 6.42 Å². The van der Waals surface area contributed by atoms with Gasteiger partial charge in [-0.2, -0.15) is 5.10 Å². The summed E-state index contributed by atoms with van der Waals surface area (Å²) in [5.74, 6) is 0. The van der Waals surface area contributed by atoms with E-state index in [9.17, 15) is 0 Å². The minimum atomic E-state index is 0.889. The van der Waals surface area contributed by atoms with Crippen LogP contribution in [0.15, 0.2) is 67.2 Å². The van der Waals surface area contributed by atoms with Crippen molar-refractivity contribution in [1.29, 1.82) is 0 Å². The molecule has 0 atom stereocenters. The summed E-state index contributed by atoms with van der Waals surface area (Å²) in [6.45, 7) is 0.889. The highest BCUT2D eigenvalue weighted by Gasteiger charge is 1.83. The van der Waals surface area contributed by atoms with E-state index >= 15 is 0 Å². The summed E-state index contributed by atoms with van der Waals surface area (Å²) >= 11 is 0. The maximum Gasteiger partial charge on any atom is 0.0908 e. The van der Waals surface area contributed by atoms with Crippen LogP contribution in [0.3, 0.4) is 0 Å². The number of nitrogens with zero attached hydrogens (tertiary/aromatic N) is 1. The van der Waals surface area contributed by atoms with E-state index in [4.69, 9.17) is 4.74 Å². The Morgan fingerprint density at radius 1 is 0.938 bits per heavy atom. The Balaban J connectivity index is 0.000000121. The van der Waals surface area contributed by atoms with Gasteiger partial charge in [0.25, 0.3) is 0 Å². The van der Waals surface area contributed by atoms with Crippen LogP contribution in [0.25, 0.3) is 0 Å². The molecule has 1 aliphatic rings. The van der Waals surface area contributed by atoms with Gasteiger partial charge >= 0.3 is 0 Å². The first-order chi connectivity index (χ1) is 8.00. The van der Waals surface area contributed by atoms with Crippen LogP contribution in [0.4, 0.5) is 0 Å². The van der Waals surface area contributed by atoms with E-state index in [1.807, 2.05) is 48.5 Å². The molecule has 0 spiro atoms. The molecule has 1 aromatic carbocycles. The average Bonchev–Trinajstić information content (AvgIpc) is 3.10. The number of rotatable bonds is 0. The summed E-state index contributed by atoms with van der Waals surface area (Å²) in [5, 5.41) is 6.21. The lowest BCUT2D eigenvalue weighted by Gasteiger charge is -1.79. The van der Waals surface area contributed by atoms with E-state index in [2.05, 4.69) is 10.2 Å². The average molecular weight is 216 g/mol. The first-order valence-electron chi connectivity index (χ1n) is 5.20. The van der Waals surface area contributed by atoms with Gasteiger partial charge in [-0.25, -0.2) is 0 Å². The van der Waals surface area contributed by atoms with Crippen LogP contribution in [0.2, 0.25) is 0 Å². The fourth-order valence-corrected chi connectivity index (χ4v) is 0.940. The van der Waals surface area contributed by atoms with Gasteiger partial charge in [0, 0.05) is 18.8 Å². The lowest BCUT2D eigenvalue weighted by atomic mass is 10.4. The Morgan fingerprint density at radius 2 is 1.62 bits per heavy atom. The van der Waals surface area contributed by atoms with Gasteiger partial charge in [0.05, 0.1) is 12.9 Å². The van der Waals surface area contributed by atoms with Crippen LogP contribution in [0.5, 0.6) is 0 Å². The van der Waals surface area contributed by atoms with Crippen molar-refractivity contribution >= 4 is 0 Å². The normalized spacial score (nSPS) is 11.5. The molecule has 0 amide bonds. The first kappa shape index (κ1) is 12.0. The second-order valence-electron chi connectivity index (χ2n) is 2.95. The van der Waals surface area contributed by atoms with E-state index in [1.54, 1.807) is 18.7 Å². The maximum atomic E-state index is 4.76. The van der Waals surface area contributed by atoms with Gasteiger partial charge in [0.1, 0.15) is 0 Å². The van der Waals surface area contributed by atoms with Crippen molar-refractivity contribution in [3.05, 3.63) is 67.2 Å². The molecule has 0 saturated carbocycles. The van der Waals surface area contributed by atoms with E-state index in [0.717, 1.165) is 13.0 Å². The van der Waals surface area contributed by atoms with Crippen molar-refractivity contribution in [3.8, 4) is 0 Å². The summed E-state index contributed by atoms with van der Waals surface area (Å²) in [7, 11) is 0. The van der Waals surface area contributed by atoms with E-state index < -0.39 is 0 Å². The molecule has 0 saturated heterocycles. The SMILES string of the molecule is C1=COCC1.c1ccccc1.c1cn[nH]c1. The molecule has 2 aromatic rings. The number of hydrogen-bond acceptors (Lipinski definition) is 2. The zero-order valence-corrected chi connectivity index (χ0v) is 9.12. The van der Waals surface area contributed by atoms with Gasteiger partial charge < -0.3 is 4.74 Å². The molecule has 1 aliphatic heterocycles. The molecule has 1 N–H and O–H groups in total. The van der Waals surface area contributed by atoms with Crippen LogP contribution in [-0.4, -0.2) is 16.8 Å². The predicted molar refractivity (Wildman–Crippen MR) is 64.7 cm³/mol. The Hall–Kier alpha value is -2.03. The topological polar surface area (TPSA) is 37.9 Å². The fourth-order valence-electron chi connectivity index (χ4n) is 0.940. The number of H-pyrrole nitrogens is 1. The third-order valence-electron chi connectivity index (χ3n) is 1.67. The molecule has 84 valence electrons. The van der Waals surface area contributed by atoms with E-state index in [-0.39, 0.29) is 0 Å². The van der Waals surface area contributed by atoms with Crippen molar-refractivity contribution in [2.24, 2.45) is 0 Å². The molecule has 0 fully saturated rings. The highest BCUT2D eigenvalue weighted by Crippen LogP contribution is 1.93. The van der Waals surface area contributed by atoms with Crippen LogP contribution in [0.1, 0.15) is 6.42 Å². The molecular weight excluding hydrogens is 200 g/mol. The summed E-state index contributed by atoms with van der Waals surface area (Å²) in [6, 6.07) is 13.8. The largest absolute Gasteiger partial charge is 0.501 e. The molecule has 0 bridgehead atoms. The second-order valence-corrected chi connectivity index (χ2v) is 2.95. The fraction of sp³-hybridized carbons (Fsp3) is 0.154. The molecule has 3 heteroatoms. The number of hydrogen-bond donors (Lipinski definition) is 1. The minimum absolute atomic E-state index is 0.889. The van der Waals surface area contributed by atoms with Crippen LogP contribution < -0.4 is 0 Å². The number of ether oxygens (including phenoxy) is 1. The van der Waals surface area contributed by atoms with Gasteiger partial charge in [-0.15, -0.1) is 0 Å². The molecule has 0 radical (unpaired) electrons. The Kier molecular flexibility index (Phi) is 7.17. The third kappa shape index (κ3) is 7.38. The minimum Gasteiger partial charge on any atom is -0.501 e. The van der Waals surface area contributed by atoms with Gasteiger partial charge in [0.2, 0.25) is 0 Å². The molecule has 0 aliphatic carbocycles. The number of aromatic amines is 1. The monoisotopic (exact) mass is 216 g/mol. The van der Waals surface area contributed by atoms with E-state index in [1.165, 1.54) is 0 Å². The zero-order valence-electron chi connectivity index (χ0n) is 9.12. The highest BCUT2D eigenvalue weighted by atomic mass is 16.5. The third-order valence-corrected chi connectivity index (χ3v) is 1.67. The Bertz CT molecular complexity index is 293. The summed E-state index contributed by atoms with van der Waals surface area (Å²) in [4.78, 5) is 0. The van der Waals surface area contributed by atoms with Crippen LogP contribution >= 0.6 is 0 Å². The van der Waals surface area contributed by atoms with Gasteiger partial charge in [-0.1, -0.05) is 36.4 Å².